The molecule has 1 aromatic carbocycles. The maximum atomic E-state index is 11.9. The molecule has 3 aromatic rings. The molecule has 1 aliphatic heterocycles. The number of amides is 2. The van der Waals surface area contributed by atoms with Gasteiger partial charge in [-0.05, 0) is 56.4 Å². The van der Waals surface area contributed by atoms with E-state index in [0.717, 1.165) is 48.6 Å². The molecule has 170 valence electrons. The number of carbonyl (C=O) groups excluding carboxylic acids is 1. The van der Waals surface area contributed by atoms with Crippen molar-refractivity contribution in [2.75, 3.05) is 57.2 Å². The second-order valence-electron chi connectivity index (χ2n) is 8.23. The van der Waals surface area contributed by atoms with Crippen LogP contribution in [-0.4, -0.2) is 72.5 Å². The lowest BCUT2D eigenvalue weighted by atomic mass is 10.2. The van der Waals surface area contributed by atoms with Crippen molar-refractivity contribution in [2.45, 2.75) is 19.9 Å². The zero-order valence-corrected chi connectivity index (χ0v) is 19.0. The monoisotopic (exact) mass is 437 g/mol. The van der Waals surface area contributed by atoms with Crippen molar-refractivity contribution in [3.63, 3.8) is 0 Å². The molecule has 0 bridgehead atoms. The van der Waals surface area contributed by atoms with Gasteiger partial charge in [-0.15, -0.1) is 5.10 Å². The molecule has 0 unspecified atom stereocenters. The molecule has 1 fully saturated rings. The topological polar surface area (TPSA) is 87.0 Å². The fourth-order valence-electron chi connectivity index (χ4n) is 3.74. The summed E-state index contributed by atoms with van der Waals surface area (Å²) in [5.41, 5.74) is 3.81. The summed E-state index contributed by atoms with van der Waals surface area (Å²) >= 11 is 0. The van der Waals surface area contributed by atoms with E-state index in [-0.39, 0.29) is 6.03 Å². The summed E-state index contributed by atoms with van der Waals surface area (Å²) in [5.74, 6) is 1.57. The fourth-order valence-corrected chi connectivity index (χ4v) is 3.74. The third kappa shape index (κ3) is 5.17. The van der Waals surface area contributed by atoms with Crippen LogP contribution in [0.15, 0.2) is 36.5 Å². The Morgan fingerprint density at radius 1 is 1.19 bits per heavy atom. The predicted octanol–water partition coefficient (Wildman–Crippen LogP) is 2.83. The van der Waals surface area contributed by atoms with Gasteiger partial charge in [0.15, 0.2) is 11.6 Å². The van der Waals surface area contributed by atoms with Crippen LogP contribution in [0.5, 0.6) is 0 Å². The first kappa shape index (κ1) is 22.0. The molecule has 1 saturated heterocycles. The number of fused-ring (bicyclic) bond motifs is 1. The summed E-state index contributed by atoms with van der Waals surface area (Å²) in [6.45, 7) is 6.49. The van der Waals surface area contributed by atoms with E-state index in [4.69, 9.17) is 14.8 Å². The van der Waals surface area contributed by atoms with E-state index >= 15 is 0 Å². The largest absolute Gasteiger partial charge is 0.378 e. The number of nitrogens with zero attached hydrogens (tertiary/aromatic N) is 5. The lowest BCUT2D eigenvalue weighted by molar-refractivity contribution is 0.122. The van der Waals surface area contributed by atoms with Gasteiger partial charge in [0.25, 0.3) is 0 Å². The molecule has 1 aliphatic rings. The van der Waals surface area contributed by atoms with Crippen LogP contribution in [0.1, 0.15) is 18.9 Å². The van der Waals surface area contributed by atoms with Gasteiger partial charge in [-0.2, -0.15) is 0 Å². The van der Waals surface area contributed by atoms with Crippen LogP contribution in [0, 0.1) is 0 Å². The van der Waals surface area contributed by atoms with Crippen LogP contribution in [0.2, 0.25) is 0 Å². The molecule has 2 amide bonds. The molecule has 9 heteroatoms. The number of carbonyl (C=O) groups is 1. The molecular weight excluding hydrogens is 406 g/mol. The number of aromatic nitrogens is 3. The number of nitrogens with one attached hydrogen (secondary N) is 2. The number of urea groups is 1. The Morgan fingerprint density at radius 2 is 1.94 bits per heavy atom. The Balaban J connectivity index is 1.65. The Bertz CT molecular complexity index is 1060. The van der Waals surface area contributed by atoms with Gasteiger partial charge in [0.1, 0.15) is 5.52 Å². The standard InChI is InChI=1S/C23H31N7O2/c1-4-9-24-23(31)25-19-7-5-18(6-8-19)21-26-22(29-10-12-32-13-11-29)20-14-17(15-28(2)3)16-30(20)27-21/h5-8,14,16H,4,9-13,15H2,1-3H3,(H2,24,25,31). The third-order valence-electron chi connectivity index (χ3n) is 5.25. The van der Waals surface area contributed by atoms with Crippen LogP contribution in [0.4, 0.5) is 16.3 Å². The SMILES string of the molecule is CCCNC(=O)Nc1ccc(-c2nc(N3CCOCC3)c3cc(CN(C)C)cn3n2)cc1. The zero-order valence-electron chi connectivity index (χ0n) is 19.0. The minimum absolute atomic E-state index is 0.201. The molecule has 0 radical (unpaired) electrons. The van der Waals surface area contributed by atoms with E-state index in [0.29, 0.717) is 25.6 Å². The number of hydrogen-bond acceptors (Lipinski definition) is 6. The molecule has 2 N–H and O–H groups in total. The summed E-state index contributed by atoms with van der Waals surface area (Å²) < 4.78 is 7.46. The van der Waals surface area contributed by atoms with Crippen LogP contribution in [-0.2, 0) is 11.3 Å². The van der Waals surface area contributed by atoms with Crippen molar-refractivity contribution in [3.8, 4) is 11.4 Å². The van der Waals surface area contributed by atoms with E-state index in [9.17, 15) is 4.79 Å². The number of benzene rings is 1. The number of morpholine rings is 1. The molecule has 32 heavy (non-hydrogen) atoms. The molecule has 4 rings (SSSR count). The van der Waals surface area contributed by atoms with Gasteiger partial charge < -0.3 is 25.2 Å². The molecule has 0 spiro atoms. The number of hydrogen-bond donors (Lipinski definition) is 2. The lowest BCUT2D eigenvalue weighted by Crippen LogP contribution is -2.37. The first-order chi connectivity index (χ1) is 15.5. The van der Waals surface area contributed by atoms with E-state index < -0.39 is 0 Å². The summed E-state index contributed by atoms with van der Waals surface area (Å²) in [5, 5.41) is 10.4. The van der Waals surface area contributed by atoms with Gasteiger partial charge in [0, 0.05) is 43.6 Å². The zero-order chi connectivity index (χ0) is 22.5. The van der Waals surface area contributed by atoms with Crippen molar-refractivity contribution >= 4 is 23.1 Å². The van der Waals surface area contributed by atoms with Crippen molar-refractivity contribution in [2.24, 2.45) is 0 Å². The quantitative estimate of drug-likeness (QED) is 0.591. The average molecular weight is 438 g/mol. The van der Waals surface area contributed by atoms with Gasteiger partial charge in [-0.3, -0.25) is 0 Å². The first-order valence-corrected chi connectivity index (χ1v) is 11.1. The Labute approximate surface area is 188 Å². The third-order valence-corrected chi connectivity index (χ3v) is 5.25. The predicted molar refractivity (Wildman–Crippen MR) is 126 cm³/mol. The van der Waals surface area contributed by atoms with Crippen molar-refractivity contribution in [1.29, 1.82) is 0 Å². The Kier molecular flexibility index (Phi) is 6.87. The number of rotatable bonds is 7. The molecule has 2 aromatic heterocycles. The normalized spacial score (nSPS) is 14.2. The molecule has 3 heterocycles. The fraction of sp³-hybridized carbons (Fsp3) is 0.435. The van der Waals surface area contributed by atoms with Crippen molar-refractivity contribution in [1.82, 2.24) is 24.8 Å². The van der Waals surface area contributed by atoms with Crippen LogP contribution >= 0.6 is 0 Å². The Hall–Kier alpha value is -3.17. The highest BCUT2D eigenvalue weighted by atomic mass is 16.5. The molecule has 0 saturated carbocycles. The summed E-state index contributed by atoms with van der Waals surface area (Å²) in [6, 6.07) is 9.57. The number of anilines is 2. The number of ether oxygens (including phenoxy) is 1. The molecule has 0 aliphatic carbocycles. The first-order valence-electron chi connectivity index (χ1n) is 11.1. The van der Waals surface area contributed by atoms with Crippen molar-refractivity contribution < 1.29 is 9.53 Å². The van der Waals surface area contributed by atoms with Gasteiger partial charge in [-0.25, -0.2) is 14.3 Å². The van der Waals surface area contributed by atoms with E-state index in [1.54, 1.807) is 0 Å². The minimum Gasteiger partial charge on any atom is -0.378 e. The second kappa shape index (κ2) is 9.97. The smallest absolute Gasteiger partial charge is 0.319 e. The minimum atomic E-state index is -0.201. The highest BCUT2D eigenvalue weighted by Crippen LogP contribution is 2.26. The average Bonchev–Trinajstić information content (AvgIpc) is 3.19. The Morgan fingerprint density at radius 3 is 2.62 bits per heavy atom. The maximum Gasteiger partial charge on any atom is 0.319 e. The van der Waals surface area contributed by atoms with Gasteiger partial charge in [-0.1, -0.05) is 6.92 Å². The van der Waals surface area contributed by atoms with Gasteiger partial charge >= 0.3 is 6.03 Å². The molecular formula is C23H31N7O2. The van der Waals surface area contributed by atoms with Gasteiger partial charge in [0.05, 0.1) is 13.2 Å². The maximum absolute atomic E-state index is 11.9. The van der Waals surface area contributed by atoms with Crippen molar-refractivity contribution in [3.05, 3.63) is 42.1 Å². The van der Waals surface area contributed by atoms with E-state index in [1.807, 2.05) is 35.7 Å². The highest BCUT2D eigenvalue weighted by Gasteiger charge is 2.19. The summed E-state index contributed by atoms with van der Waals surface area (Å²) in [6.07, 6.45) is 2.96. The van der Waals surface area contributed by atoms with Crippen LogP contribution in [0.3, 0.4) is 0 Å². The van der Waals surface area contributed by atoms with Crippen LogP contribution < -0.4 is 15.5 Å². The summed E-state index contributed by atoms with van der Waals surface area (Å²) in [7, 11) is 4.11. The van der Waals surface area contributed by atoms with E-state index in [2.05, 4.69) is 46.8 Å². The van der Waals surface area contributed by atoms with Crippen LogP contribution in [0.25, 0.3) is 16.9 Å². The second-order valence-corrected chi connectivity index (χ2v) is 8.23. The molecule has 9 nitrogen and oxygen atoms in total. The summed E-state index contributed by atoms with van der Waals surface area (Å²) in [4.78, 5) is 21.2. The molecule has 0 atom stereocenters. The highest BCUT2D eigenvalue weighted by molar-refractivity contribution is 5.89. The van der Waals surface area contributed by atoms with Gasteiger partial charge in [0.2, 0.25) is 0 Å². The van der Waals surface area contributed by atoms with E-state index in [1.165, 1.54) is 5.56 Å². The lowest BCUT2D eigenvalue weighted by Gasteiger charge is -2.28.